The fraction of sp³-hybridized carbons (Fsp3) is 0.417. The molecule has 0 saturated carbocycles. The molecule has 0 amide bonds. The van der Waals surface area contributed by atoms with E-state index in [0.717, 1.165) is 29.9 Å². The van der Waals surface area contributed by atoms with Gasteiger partial charge in [-0.05, 0) is 36.8 Å². The lowest BCUT2D eigenvalue weighted by molar-refractivity contribution is 0.0697. The van der Waals surface area contributed by atoms with E-state index in [1.54, 1.807) is 23.9 Å². The number of aromatic carboxylic acids is 1. The van der Waals surface area contributed by atoms with Crippen molar-refractivity contribution in [2.24, 2.45) is 0 Å². The Morgan fingerprint density at radius 3 is 2.71 bits per heavy atom. The van der Waals surface area contributed by atoms with Crippen molar-refractivity contribution in [1.29, 1.82) is 0 Å². The molecule has 0 fully saturated rings. The van der Waals surface area contributed by atoms with Gasteiger partial charge in [-0.2, -0.15) is 0 Å². The highest BCUT2D eigenvalue weighted by atomic mass is 35.5. The summed E-state index contributed by atoms with van der Waals surface area (Å²) in [5.41, 5.74) is 0.145. The van der Waals surface area contributed by atoms with Crippen molar-refractivity contribution >= 4 is 29.3 Å². The molecule has 0 heterocycles. The maximum Gasteiger partial charge on any atom is 0.337 e. The molecule has 1 aromatic carbocycles. The van der Waals surface area contributed by atoms with E-state index in [4.69, 9.17) is 21.8 Å². The maximum atomic E-state index is 10.9. The summed E-state index contributed by atoms with van der Waals surface area (Å²) in [6, 6.07) is 5.04. The molecule has 0 spiro atoms. The fourth-order valence-electron chi connectivity index (χ4n) is 1.34. The zero-order valence-electron chi connectivity index (χ0n) is 9.36. The van der Waals surface area contributed by atoms with Crippen molar-refractivity contribution in [1.82, 2.24) is 0 Å². The van der Waals surface area contributed by atoms with E-state index in [1.165, 1.54) is 0 Å². The van der Waals surface area contributed by atoms with Crippen molar-refractivity contribution < 1.29 is 15.0 Å². The van der Waals surface area contributed by atoms with E-state index >= 15 is 0 Å². The molecule has 0 atom stereocenters. The minimum Gasteiger partial charge on any atom is -0.478 e. The molecule has 3 nitrogen and oxygen atoms in total. The van der Waals surface area contributed by atoms with Gasteiger partial charge in [0, 0.05) is 11.5 Å². The molecule has 0 bridgehead atoms. The standard InChI is InChI=1S/C12H15ClO3S/c13-11-5-4-9(8-10(11)12(15)16)17-7-3-1-2-6-14/h4-5,8,14H,1-3,6-7H2,(H,15,16). The van der Waals surface area contributed by atoms with E-state index in [1.807, 2.05) is 6.07 Å². The van der Waals surface area contributed by atoms with Gasteiger partial charge in [-0.3, -0.25) is 0 Å². The number of rotatable bonds is 7. The second-order valence-corrected chi connectivity index (χ2v) is 5.16. The van der Waals surface area contributed by atoms with Gasteiger partial charge >= 0.3 is 5.97 Å². The van der Waals surface area contributed by atoms with Crippen LogP contribution in [0.25, 0.3) is 0 Å². The Bertz CT molecular complexity index is 382. The first-order valence-electron chi connectivity index (χ1n) is 5.41. The van der Waals surface area contributed by atoms with Gasteiger partial charge in [0.15, 0.2) is 0 Å². The van der Waals surface area contributed by atoms with Gasteiger partial charge in [0.25, 0.3) is 0 Å². The average Bonchev–Trinajstić information content (AvgIpc) is 2.30. The van der Waals surface area contributed by atoms with Crippen LogP contribution in [0.1, 0.15) is 29.6 Å². The average molecular weight is 275 g/mol. The van der Waals surface area contributed by atoms with Gasteiger partial charge in [0.1, 0.15) is 0 Å². The van der Waals surface area contributed by atoms with Crippen LogP contribution in [-0.2, 0) is 0 Å². The summed E-state index contributed by atoms with van der Waals surface area (Å²) in [7, 11) is 0. The predicted molar refractivity (Wildman–Crippen MR) is 70.1 cm³/mol. The first-order chi connectivity index (χ1) is 8.15. The summed E-state index contributed by atoms with van der Waals surface area (Å²) >= 11 is 7.38. The van der Waals surface area contributed by atoms with Crippen LogP contribution in [0.3, 0.4) is 0 Å². The summed E-state index contributed by atoms with van der Waals surface area (Å²) in [6.07, 6.45) is 2.82. The third kappa shape index (κ3) is 4.98. The molecule has 0 unspecified atom stereocenters. The van der Waals surface area contributed by atoms with Crippen LogP contribution in [0.2, 0.25) is 5.02 Å². The highest BCUT2D eigenvalue weighted by Gasteiger charge is 2.09. The lowest BCUT2D eigenvalue weighted by Gasteiger charge is -2.04. The van der Waals surface area contributed by atoms with E-state index in [9.17, 15) is 4.79 Å². The molecule has 94 valence electrons. The van der Waals surface area contributed by atoms with Crippen LogP contribution in [0.5, 0.6) is 0 Å². The van der Waals surface area contributed by atoms with Gasteiger partial charge in [-0.1, -0.05) is 18.0 Å². The molecular formula is C12H15ClO3S. The monoisotopic (exact) mass is 274 g/mol. The summed E-state index contributed by atoms with van der Waals surface area (Å²) in [6.45, 7) is 0.231. The third-order valence-electron chi connectivity index (χ3n) is 2.24. The zero-order valence-corrected chi connectivity index (χ0v) is 10.9. The first-order valence-corrected chi connectivity index (χ1v) is 6.78. The molecule has 0 aromatic heterocycles. The van der Waals surface area contributed by atoms with Gasteiger partial charge < -0.3 is 10.2 Å². The quantitative estimate of drug-likeness (QED) is 0.592. The number of carboxylic acid groups (broad SMARTS) is 1. The molecule has 2 N–H and O–H groups in total. The second kappa shape index (κ2) is 7.58. The molecule has 17 heavy (non-hydrogen) atoms. The van der Waals surface area contributed by atoms with Crippen LogP contribution < -0.4 is 0 Å². The molecule has 1 aromatic rings. The smallest absolute Gasteiger partial charge is 0.337 e. The topological polar surface area (TPSA) is 57.5 Å². The molecule has 0 aliphatic heterocycles. The number of aliphatic hydroxyl groups is 1. The summed E-state index contributed by atoms with van der Waals surface area (Å²) in [4.78, 5) is 11.8. The van der Waals surface area contributed by atoms with Gasteiger partial charge in [0.2, 0.25) is 0 Å². The largest absolute Gasteiger partial charge is 0.478 e. The van der Waals surface area contributed by atoms with E-state index in [2.05, 4.69) is 0 Å². The number of hydrogen-bond acceptors (Lipinski definition) is 3. The van der Waals surface area contributed by atoms with Crippen molar-refractivity contribution in [2.75, 3.05) is 12.4 Å². The lowest BCUT2D eigenvalue weighted by Crippen LogP contribution is -1.97. The second-order valence-electron chi connectivity index (χ2n) is 3.58. The first kappa shape index (κ1) is 14.4. The fourth-order valence-corrected chi connectivity index (χ4v) is 2.49. The van der Waals surface area contributed by atoms with E-state index in [-0.39, 0.29) is 17.2 Å². The molecular weight excluding hydrogens is 260 g/mol. The van der Waals surface area contributed by atoms with Crippen molar-refractivity contribution in [3.05, 3.63) is 28.8 Å². The number of thioether (sulfide) groups is 1. The molecule has 0 aliphatic rings. The van der Waals surface area contributed by atoms with Crippen molar-refractivity contribution in [2.45, 2.75) is 24.2 Å². The van der Waals surface area contributed by atoms with Crippen LogP contribution >= 0.6 is 23.4 Å². The summed E-state index contributed by atoms with van der Waals surface area (Å²) in [5.74, 6) is -0.0847. The minimum absolute atomic E-state index is 0.145. The number of unbranched alkanes of at least 4 members (excludes halogenated alkanes) is 2. The van der Waals surface area contributed by atoms with Gasteiger partial charge in [-0.15, -0.1) is 11.8 Å². The molecule has 1 rings (SSSR count). The Labute approximate surface area is 110 Å². The Kier molecular flexibility index (Phi) is 6.40. The predicted octanol–water partition coefficient (Wildman–Crippen LogP) is 3.29. The normalized spacial score (nSPS) is 10.5. The minimum atomic E-state index is -1.00. The van der Waals surface area contributed by atoms with Crippen molar-refractivity contribution in [3.63, 3.8) is 0 Å². The number of benzene rings is 1. The third-order valence-corrected chi connectivity index (χ3v) is 3.65. The number of aliphatic hydroxyl groups excluding tert-OH is 1. The Morgan fingerprint density at radius 2 is 2.06 bits per heavy atom. The summed E-state index contributed by atoms with van der Waals surface area (Å²) in [5, 5.41) is 17.8. The molecule has 0 aliphatic carbocycles. The Morgan fingerprint density at radius 1 is 1.29 bits per heavy atom. The SMILES string of the molecule is O=C(O)c1cc(SCCCCCO)ccc1Cl. The number of carboxylic acids is 1. The summed E-state index contributed by atoms with van der Waals surface area (Å²) < 4.78 is 0. The van der Waals surface area contributed by atoms with Crippen molar-refractivity contribution in [3.8, 4) is 0 Å². The van der Waals surface area contributed by atoms with E-state index in [0.29, 0.717) is 0 Å². The van der Waals surface area contributed by atoms with Crippen LogP contribution in [0, 0.1) is 0 Å². The maximum absolute atomic E-state index is 10.9. The molecule has 0 saturated heterocycles. The Hall–Kier alpha value is -0.710. The Balaban J connectivity index is 2.49. The zero-order chi connectivity index (χ0) is 12.7. The highest BCUT2D eigenvalue weighted by molar-refractivity contribution is 7.99. The van der Waals surface area contributed by atoms with Crippen LogP contribution in [0.4, 0.5) is 0 Å². The van der Waals surface area contributed by atoms with Crippen LogP contribution in [-0.4, -0.2) is 28.5 Å². The van der Waals surface area contributed by atoms with Gasteiger partial charge in [-0.25, -0.2) is 4.79 Å². The van der Waals surface area contributed by atoms with Crippen LogP contribution in [0.15, 0.2) is 23.1 Å². The number of halogens is 1. The lowest BCUT2D eigenvalue weighted by atomic mass is 10.2. The number of carbonyl (C=O) groups is 1. The van der Waals surface area contributed by atoms with E-state index < -0.39 is 5.97 Å². The molecule has 0 radical (unpaired) electrons. The molecule has 5 heteroatoms. The number of hydrogen-bond donors (Lipinski definition) is 2. The highest BCUT2D eigenvalue weighted by Crippen LogP contribution is 2.25. The van der Waals surface area contributed by atoms with Gasteiger partial charge in [0.05, 0.1) is 10.6 Å².